The van der Waals surface area contributed by atoms with E-state index in [1.54, 1.807) is 53.2 Å². The number of anilines is 2. The largest absolute Gasteiger partial charge is 0.495 e. The Morgan fingerprint density at radius 3 is 2.44 bits per heavy atom. The minimum absolute atomic E-state index is 0.377. The maximum Gasteiger partial charge on any atom is 0.323 e. The first-order valence-corrected chi connectivity index (χ1v) is 10.8. The molecule has 2 heterocycles. The predicted octanol–water partition coefficient (Wildman–Crippen LogP) is 5.69. The number of aromatic nitrogens is 4. The van der Waals surface area contributed by atoms with E-state index in [4.69, 9.17) is 21.1 Å². The number of carbonyl (C=O) groups excluding carboxylic acids is 1. The summed E-state index contributed by atoms with van der Waals surface area (Å²) in [5.41, 5.74) is 4.10. The maximum absolute atomic E-state index is 12.4. The molecule has 4 aromatic rings. The number of carbonyl (C=O) groups is 1. The zero-order chi connectivity index (χ0) is 24.2. The summed E-state index contributed by atoms with van der Waals surface area (Å²) in [5.74, 6) is 2.05. The van der Waals surface area contributed by atoms with Gasteiger partial charge in [-0.2, -0.15) is 5.10 Å². The first-order chi connectivity index (χ1) is 16.3. The molecular weight excluding hydrogens is 456 g/mol. The molecule has 0 atom stereocenters. The summed E-state index contributed by atoms with van der Waals surface area (Å²) in [5, 5.41) is 10.5. The number of benzene rings is 2. The third kappa shape index (κ3) is 5.10. The molecule has 0 unspecified atom stereocenters. The molecule has 34 heavy (non-hydrogen) atoms. The molecule has 2 N–H and O–H groups in total. The van der Waals surface area contributed by atoms with Gasteiger partial charge >= 0.3 is 6.03 Å². The molecule has 0 aliphatic rings. The molecular formula is C24H23ClN6O3. The molecule has 9 nitrogen and oxygen atoms in total. The third-order valence-corrected chi connectivity index (χ3v) is 5.48. The van der Waals surface area contributed by atoms with Gasteiger partial charge in [-0.1, -0.05) is 11.6 Å². The number of nitrogens with one attached hydrogen (secondary N) is 2. The summed E-state index contributed by atoms with van der Waals surface area (Å²) < 4.78 is 12.9. The fourth-order valence-electron chi connectivity index (χ4n) is 3.23. The van der Waals surface area contributed by atoms with Gasteiger partial charge < -0.3 is 20.1 Å². The Labute approximate surface area is 201 Å². The minimum Gasteiger partial charge on any atom is -0.495 e. The van der Waals surface area contributed by atoms with Crippen molar-refractivity contribution in [3.05, 3.63) is 76.8 Å². The zero-order valence-corrected chi connectivity index (χ0v) is 19.8. The van der Waals surface area contributed by atoms with Crippen molar-refractivity contribution in [3.8, 4) is 23.2 Å². The second kappa shape index (κ2) is 9.80. The van der Waals surface area contributed by atoms with Gasteiger partial charge in [-0.3, -0.25) is 0 Å². The normalized spacial score (nSPS) is 10.6. The van der Waals surface area contributed by atoms with Crippen molar-refractivity contribution in [1.29, 1.82) is 0 Å². The quantitative estimate of drug-likeness (QED) is 0.369. The summed E-state index contributed by atoms with van der Waals surface area (Å²) in [6, 6.07) is 13.1. The van der Waals surface area contributed by atoms with Crippen molar-refractivity contribution in [3.63, 3.8) is 0 Å². The lowest BCUT2D eigenvalue weighted by atomic mass is 10.2. The van der Waals surface area contributed by atoms with Crippen molar-refractivity contribution in [2.45, 2.75) is 20.8 Å². The highest BCUT2D eigenvalue weighted by Crippen LogP contribution is 2.28. The topological polar surface area (TPSA) is 103 Å². The lowest BCUT2D eigenvalue weighted by Crippen LogP contribution is -2.19. The summed E-state index contributed by atoms with van der Waals surface area (Å²) in [7, 11) is 1.52. The molecule has 0 saturated carbocycles. The number of aryl methyl sites for hydroxylation is 1. The van der Waals surface area contributed by atoms with E-state index in [9.17, 15) is 4.79 Å². The van der Waals surface area contributed by atoms with Crippen LogP contribution >= 0.6 is 11.6 Å². The van der Waals surface area contributed by atoms with Crippen LogP contribution in [-0.2, 0) is 0 Å². The van der Waals surface area contributed by atoms with Gasteiger partial charge in [0.05, 0.1) is 18.5 Å². The SMILES string of the molecule is COc1ccc(Cl)cc1NC(=O)Nc1ccc(Oc2cc(-n3nc(C)c(C)c3C)ncn2)cc1. The van der Waals surface area contributed by atoms with Crippen LogP contribution in [0.4, 0.5) is 16.2 Å². The third-order valence-electron chi connectivity index (χ3n) is 5.24. The van der Waals surface area contributed by atoms with E-state index >= 15 is 0 Å². The summed E-state index contributed by atoms with van der Waals surface area (Å²) in [6.45, 7) is 5.97. The molecule has 174 valence electrons. The van der Waals surface area contributed by atoms with Gasteiger partial charge in [0, 0.05) is 22.5 Å². The number of nitrogens with zero attached hydrogens (tertiary/aromatic N) is 4. The Kier molecular flexibility index (Phi) is 6.65. The van der Waals surface area contributed by atoms with Crippen LogP contribution < -0.4 is 20.1 Å². The van der Waals surface area contributed by atoms with E-state index in [1.807, 2.05) is 20.8 Å². The highest BCUT2D eigenvalue weighted by molar-refractivity contribution is 6.31. The number of hydrogen-bond donors (Lipinski definition) is 2. The Morgan fingerprint density at radius 2 is 1.76 bits per heavy atom. The molecule has 0 aliphatic carbocycles. The standard InChI is InChI=1S/C24H23ClN6O3/c1-14-15(2)30-31(16(14)3)22-12-23(27-13-26-22)34-19-8-6-18(7-9-19)28-24(32)29-20-11-17(25)5-10-21(20)33-4/h5-13H,1-4H3,(H2,28,29,32). The molecule has 0 radical (unpaired) electrons. The minimum atomic E-state index is -0.435. The molecule has 2 aromatic heterocycles. The Bertz CT molecular complexity index is 1340. The molecule has 2 aromatic carbocycles. The van der Waals surface area contributed by atoms with E-state index < -0.39 is 6.03 Å². The molecule has 0 aliphatic heterocycles. The van der Waals surface area contributed by atoms with E-state index in [-0.39, 0.29) is 0 Å². The lowest BCUT2D eigenvalue weighted by molar-refractivity contribution is 0.262. The number of methoxy groups -OCH3 is 1. The van der Waals surface area contributed by atoms with Crippen molar-refractivity contribution in [1.82, 2.24) is 19.7 Å². The Balaban J connectivity index is 1.42. The van der Waals surface area contributed by atoms with Crippen molar-refractivity contribution < 1.29 is 14.3 Å². The van der Waals surface area contributed by atoms with Gasteiger partial charge in [0.1, 0.15) is 17.8 Å². The van der Waals surface area contributed by atoms with E-state index in [0.717, 1.165) is 17.0 Å². The number of amides is 2. The van der Waals surface area contributed by atoms with Crippen molar-refractivity contribution >= 4 is 29.0 Å². The monoisotopic (exact) mass is 478 g/mol. The fraction of sp³-hybridized carbons (Fsp3) is 0.167. The summed E-state index contributed by atoms with van der Waals surface area (Å²) in [4.78, 5) is 20.9. The number of halogens is 1. The number of rotatable bonds is 6. The summed E-state index contributed by atoms with van der Waals surface area (Å²) in [6.07, 6.45) is 1.43. The molecule has 0 fully saturated rings. The smallest absolute Gasteiger partial charge is 0.323 e. The van der Waals surface area contributed by atoms with E-state index in [2.05, 4.69) is 25.7 Å². The van der Waals surface area contributed by atoms with Crippen LogP contribution in [0.2, 0.25) is 5.02 Å². The number of ether oxygens (including phenoxy) is 2. The van der Waals surface area contributed by atoms with Gasteiger partial charge in [-0.15, -0.1) is 0 Å². The first-order valence-electron chi connectivity index (χ1n) is 10.4. The second-order valence-corrected chi connectivity index (χ2v) is 7.91. The van der Waals surface area contributed by atoms with Crippen LogP contribution in [0.3, 0.4) is 0 Å². The predicted molar refractivity (Wildman–Crippen MR) is 131 cm³/mol. The molecule has 0 saturated heterocycles. The first kappa shape index (κ1) is 23.1. The fourth-order valence-corrected chi connectivity index (χ4v) is 3.41. The van der Waals surface area contributed by atoms with Crippen LogP contribution in [0.15, 0.2) is 54.9 Å². The highest BCUT2D eigenvalue weighted by atomic mass is 35.5. The van der Waals surface area contributed by atoms with Gasteiger partial charge in [0.25, 0.3) is 0 Å². The van der Waals surface area contributed by atoms with Crippen LogP contribution in [0.5, 0.6) is 17.4 Å². The van der Waals surface area contributed by atoms with Gasteiger partial charge in [0.2, 0.25) is 5.88 Å². The average molecular weight is 479 g/mol. The maximum atomic E-state index is 12.4. The molecule has 2 amide bonds. The molecule has 10 heteroatoms. The highest BCUT2D eigenvalue weighted by Gasteiger charge is 2.12. The zero-order valence-electron chi connectivity index (χ0n) is 19.1. The molecule has 0 spiro atoms. The average Bonchev–Trinajstić information content (AvgIpc) is 3.08. The van der Waals surface area contributed by atoms with Crippen molar-refractivity contribution in [2.75, 3.05) is 17.7 Å². The van der Waals surface area contributed by atoms with E-state index in [1.165, 1.54) is 13.4 Å². The second-order valence-electron chi connectivity index (χ2n) is 7.47. The number of urea groups is 1. The van der Waals surface area contributed by atoms with E-state index in [0.29, 0.717) is 39.6 Å². The van der Waals surface area contributed by atoms with Crippen LogP contribution in [0, 0.1) is 20.8 Å². The lowest BCUT2D eigenvalue weighted by Gasteiger charge is -2.12. The van der Waals surface area contributed by atoms with Crippen LogP contribution in [-0.4, -0.2) is 32.9 Å². The summed E-state index contributed by atoms with van der Waals surface area (Å²) >= 11 is 6.01. The van der Waals surface area contributed by atoms with Gasteiger partial charge in [-0.25, -0.2) is 19.4 Å². The molecule has 4 rings (SSSR count). The van der Waals surface area contributed by atoms with Crippen molar-refractivity contribution in [2.24, 2.45) is 0 Å². The van der Waals surface area contributed by atoms with Crippen LogP contribution in [0.1, 0.15) is 17.0 Å². The van der Waals surface area contributed by atoms with Gasteiger partial charge in [-0.05, 0) is 68.8 Å². The Morgan fingerprint density at radius 1 is 1.00 bits per heavy atom. The Hall–Kier alpha value is -4.11. The van der Waals surface area contributed by atoms with Gasteiger partial charge in [0.15, 0.2) is 5.82 Å². The van der Waals surface area contributed by atoms with Crippen LogP contribution in [0.25, 0.3) is 5.82 Å². The molecule has 0 bridgehead atoms. The number of hydrogen-bond acceptors (Lipinski definition) is 6.